The molecule has 1 amide bonds. The van der Waals surface area contributed by atoms with Gasteiger partial charge in [0.15, 0.2) is 15.0 Å². The summed E-state index contributed by atoms with van der Waals surface area (Å²) in [4.78, 5) is 16.6. The number of carbonyl (C=O) groups excluding carboxylic acids is 1. The molecule has 0 atom stereocenters. The van der Waals surface area contributed by atoms with Crippen molar-refractivity contribution in [3.8, 4) is 0 Å². The van der Waals surface area contributed by atoms with Crippen LogP contribution in [0.3, 0.4) is 0 Å². The van der Waals surface area contributed by atoms with Crippen LogP contribution in [0.15, 0.2) is 47.4 Å². The standard InChI is InChI=1S/C16H13FN2O3S2/c1-2-24(21,22)14-6-4-3-5-11(14)15(20)19-16-18-12-8-7-10(17)9-13(12)23-16/h3-9H,2H2,1H3,(H,18,19,20). The van der Waals surface area contributed by atoms with E-state index in [1.807, 2.05) is 0 Å². The summed E-state index contributed by atoms with van der Waals surface area (Å²) in [6.07, 6.45) is 0. The van der Waals surface area contributed by atoms with Gasteiger partial charge in [0.05, 0.1) is 26.4 Å². The molecule has 0 fully saturated rings. The Morgan fingerprint density at radius 1 is 1.25 bits per heavy atom. The normalized spacial score (nSPS) is 11.6. The van der Waals surface area contributed by atoms with Gasteiger partial charge in [-0.15, -0.1) is 0 Å². The Morgan fingerprint density at radius 2 is 2.00 bits per heavy atom. The molecule has 0 radical (unpaired) electrons. The number of aromatic nitrogens is 1. The van der Waals surface area contributed by atoms with Crippen LogP contribution in [0.2, 0.25) is 0 Å². The van der Waals surface area contributed by atoms with Crippen LogP contribution >= 0.6 is 11.3 Å². The molecule has 8 heteroatoms. The first-order chi connectivity index (χ1) is 11.4. The molecule has 0 aliphatic heterocycles. The molecule has 3 aromatic rings. The van der Waals surface area contributed by atoms with Crippen molar-refractivity contribution in [1.29, 1.82) is 0 Å². The van der Waals surface area contributed by atoms with Crippen LogP contribution in [-0.2, 0) is 9.84 Å². The molecule has 1 heterocycles. The first kappa shape index (κ1) is 16.5. The zero-order valence-corrected chi connectivity index (χ0v) is 14.2. The second-order valence-corrected chi connectivity index (χ2v) is 8.26. The van der Waals surface area contributed by atoms with E-state index in [1.54, 1.807) is 12.1 Å². The molecule has 3 rings (SSSR count). The number of nitrogens with one attached hydrogen (secondary N) is 1. The highest BCUT2D eigenvalue weighted by Crippen LogP contribution is 2.27. The number of benzene rings is 2. The van der Waals surface area contributed by atoms with E-state index in [2.05, 4.69) is 10.3 Å². The van der Waals surface area contributed by atoms with Crippen molar-refractivity contribution in [2.75, 3.05) is 11.1 Å². The van der Waals surface area contributed by atoms with Gasteiger partial charge in [0, 0.05) is 0 Å². The Balaban J connectivity index is 1.95. The van der Waals surface area contributed by atoms with Gasteiger partial charge < -0.3 is 0 Å². The number of fused-ring (bicyclic) bond motifs is 1. The number of hydrogen-bond donors (Lipinski definition) is 1. The first-order valence-corrected chi connectivity index (χ1v) is 9.57. The van der Waals surface area contributed by atoms with E-state index >= 15 is 0 Å². The molecule has 1 aromatic heterocycles. The lowest BCUT2D eigenvalue weighted by Gasteiger charge is -2.08. The summed E-state index contributed by atoms with van der Waals surface area (Å²) in [6.45, 7) is 1.52. The Morgan fingerprint density at radius 3 is 2.75 bits per heavy atom. The molecule has 0 aliphatic rings. The average molecular weight is 364 g/mol. The fourth-order valence-electron chi connectivity index (χ4n) is 2.20. The van der Waals surface area contributed by atoms with Crippen LogP contribution in [0.25, 0.3) is 10.2 Å². The maximum atomic E-state index is 13.2. The Bertz CT molecular complexity index is 1030. The SMILES string of the molecule is CCS(=O)(=O)c1ccccc1C(=O)Nc1nc2ccc(F)cc2s1. The molecule has 0 unspecified atom stereocenters. The van der Waals surface area contributed by atoms with Crippen molar-refractivity contribution in [2.45, 2.75) is 11.8 Å². The lowest BCUT2D eigenvalue weighted by atomic mass is 10.2. The van der Waals surface area contributed by atoms with Crippen LogP contribution in [0.1, 0.15) is 17.3 Å². The van der Waals surface area contributed by atoms with Crippen LogP contribution < -0.4 is 5.32 Å². The average Bonchev–Trinajstić information content (AvgIpc) is 2.96. The Kier molecular flexibility index (Phi) is 4.33. The number of anilines is 1. The number of sulfone groups is 1. The number of hydrogen-bond acceptors (Lipinski definition) is 5. The number of halogens is 1. The third-order valence-electron chi connectivity index (χ3n) is 3.42. The molecule has 24 heavy (non-hydrogen) atoms. The maximum absolute atomic E-state index is 13.2. The third kappa shape index (κ3) is 3.15. The second kappa shape index (κ2) is 6.29. The Labute approximate surface area is 142 Å². The van der Waals surface area contributed by atoms with E-state index in [-0.39, 0.29) is 27.2 Å². The monoisotopic (exact) mass is 364 g/mol. The summed E-state index contributed by atoms with van der Waals surface area (Å²) >= 11 is 1.12. The summed E-state index contributed by atoms with van der Waals surface area (Å²) in [5.41, 5.74) is 0.621. The van der Waals surface area contributed by atoms with E-state index in [9.17, 15) is 17.6 Å². The summed E-state index contributed by atoms with van der Waals surface area (Å²) < 4.78 is 38.1. The van der Waals surface area contributed by atoms with E-state index in [1.165, 1.54) is 37.3 Å². The number of carbonyl (C=O) groups is 1. The van der Waals surface area contributed by atoms with Crippen LogP contribution in [-0.4, -0.2) is 25.1 Å². The van der Waals surface area contributed by atoms with Gasteiger partial charge in [0.25, 0.3) is 5.91 Å². The minimum absolute atomic E-state index is 0.0165. The molecular formula is C16H13FN2O3S2. The summed E-state index contributed by atoms with van der Waals surface area (Å²) in [6, 6.07) is 10.2. The predicted molar refractivity (Wildman–Crippen MR) is 91.7 cm³/mol. The summed E-state index contributed by atoms with van der Waals surface area (Å²) in [7, 11) is -3.52. The molecule has 0 spiro atoms. The largest absolute Gasteiger partial charge is 0.298 e. The number of amides is 1. The number of nitrogens with zero attached hydrogens (tertiary/aromatic N) is 1. The molecule has 5 nitrogen and oxygen atoms in total. The minimum atomic E-state index is -3.52. The zero-order valence-electron chi connectivity index (χ0n) is 12.6. The topological polar surface area (TPSA) is 76.1 Å². The van der Waals surface area contributed by atoms with Gasteiger partial charge in [-0.05, 0) is 30.3 Å². The van der Waals surface area contributed by atoms with E-state index in [0.29, 0.717) is 10.2 Å². The molecule has 0 saturated heterocycles. The van der Waals surface area contributed by atoms with Crippen LogP contribution in [0, 0.1) is 5.82 Å². The first-order valence-electron chi connectivity index (χ1n) is 7.10. The van der Waals surface area contributed by atoms with Crippen molar-refractivity contribution in [1.82, 2.24) is 4.98 Å². The van der Waals surface area contributed by atoms with Crippen molar-refractivity contribution in [3.05, 3.63) is 53.8 Å². The van der Waals surface area contributed by atoms with Gasteiger partial charge in [0.2, 0.25) is 0 Å². The lowest BCUT2D eigenvalue weighted by molar-refractivity contribution is 0.102. The van der Waals surface area contributed by atoms with Gasteiger partial charge in [-0.2, -0.15) is 0 Å². The fraction of sp³-hybridized carbons (Fsp3) is 0.125. The molecule has 0 saturated carbocycles. The number of rotatable bonds is 4. The van der Waals surface area contributed by atoms with Gasteiger partial charge in [0.1, 0.15) is 5.82 Å². The maximum Gasteiger partial charge on any atom is 0.258 e. The van der Waals surface area contributed by atoms with Gasteiger partial charge in [-0.3, -0.25) is 10.1 Å². The molecule has 2 aromatic carbocycles. The van der Waals surface area contributed by atoms with E-state index < -0.39 is 15.7 Å². The van der Waals surface area contributed by atoms with Crippen molar-refractivity contribution in [3.63, 3.8) is 0 Å². The van der Waals surface area contributed by atoms with Crippen molar-refractivity contribution < 1.29 is 17.6 Å². The van der Waals surface area contributed by atoms with Gasteiger partial charge in [-0.25, -0.2) is 17.8 Å². The molecule has 0 bridgehead atoms. The highest BCUT2D eigenvalue weighted by Gasteiger charge is 2.21. The smallest absolute Gasteiger partial charge is 0.258 e. The highest BCUT2D eigenvalue weighted by molar-refractivity contribution is 7.91. The zero-order chi connectivity index (χ0) is 17.3. The Hall–Kier alpha value is -2.32. The third-order valence-corrected chi connectivity index (χ3v) is 6.14. The van der Waals surface area contributed by atoms with Crippen molar-refractivity contribution in [2.24, 2.45) is 0 Å². The second-order valence-electron chi connectivity index (χ2n) is 4.98. The predicted octanol–water partition coefficient (Wildman–Crippen LogP) is 3.48. The molecular weight excluding hydrogens is 351 g/mol. The minimum Gasteiger partial charge on any atom is -0.298 e. The molecule has 1 N–H and O–H groups in total. The van der Waals surface area contributed by atoms with E-state index in [4.69, 9.17) is 0 Å². The molecule has 124 valence electrons. The van der Waals surface area contributed by atoms with Gasteiger partial charge in [-0.1, -0.05) is 30.4 Å². The van der Waals surface area contributed by atoms with Crippen molar-refractivity contribution >= 4 is 42.4 Å². The quantitative estimate of drug-likeness (QED) is 0.769. The lowest BCUT2D eigenvalue weighted by Crippen LogP contribution is -2.17. The summed E-state index contributed by atoms with van der Waals surface area (Å²) in [5.74, 6) is -1.05. The summed E-state index contributed by atoms with van der Waals surface area (Å²) in [5, 5.41) is 2.87. The van der Waals surface area contributed by atoms with Gasteiger partial charge >= 0.3 is 0 Å². The van der Waals surface area contributed by atoms with Crippen LogP contribution in [0.5, 0.6) is 0 Å². The van der Waals surface area contributed by atoms with Crippen LogP contribution in [0.4, 0.5) is 9.52 Å². The number of thiazole rings is 1. The fourth-order valence-corrected chi connectivity index (χ4v) is 4.18. The molecule has 0 aliphatic carbocycles. The van der Waals surface area contributed by atoms with E-state index in [0.717, 1.165) is 11.3 Å². The highest BCUT2D eigenvalue weighted by atomic mass is 32.2.